The van der Waals surface area contributed by atoms with Crippen molar-refractivity contribution >= 4 is 11.9 Å². The largest absolute Gasteiger partial charge is 0.325 e. The summed E-state index contributed by atoms with van der Waals surface area (Å²) in [5, 5.41) is 7.20. The maximum atomic E-state index is 12.8. The van der Waals surface area contributed by atoms with Crippen molar-refractivity contribution in [1.29, 1.82) is 0 Å². The topological polar surface area (TPSA) is 67.2 Å². The van der Waals surface area contributed by atoms with E-state index in [1.807, 2.05) is 30.9 Å². The van der Waals surface area contributed by atoms with Crippen LogP contribution in [0.25, 0.3) is 0 Å². The van der Waals surface area contributed by atoms with Gasteiger partial charge in [-0.3, -0.25) is 14.4 Å². The molecule has 126 valence electrons. The average molecular weight is 318 g/mol. The zero-order valence-electron chi connectivity index (χ0n) is 14.0. The van der Waals surface area contributed by atoms with Crippen molar-refractivity contribution in [2.45, 2.75) is 64.5 Å². The normalized spacial score (nSPS) is 25.9. The molecular weight excluding hydrogens is 292 g/mol. The van der Waals surface area contributed by atoms with Crippen LogP contribution in [-0.4, -0.2) is 38.7 Å². The Morgan fingerprint density at radius 2 is 2.04 bits per heavy atom. The quantitative estimate of drug-likeness (QED) is 0.847. The minimum Gasteiger partial charge on any atom is -0.323 e. The molecule has 3 amide bonds. The van der Waals surface area contributed by atoms with Crippen molar-refractivity contribution in [3.05, 3.63) is 18.0 Å². The highest BCUT2D eigenvalue weighted by Crippen LogP contribution is 2.36. The van der Waals surface area contributed by atoms with E-state index in [0.717, 1.165) is 37.8 Å². The van der Waals surface area contributed by atoms with Gasteiger partial charge in [-0.25, -0.2) is 4.79 Å². The first kappa shape index (κ1) is 16.0. The van der Waals surface area contributed by atoms with Crippen LogP contribution in [0.5, 0.6) is 0 Å². The van der Waals surface area contributed by atoms with Crippen LogP contribution in [0.4, 0.5) is 4.79 Å². The molecule has 1 aromatic rings. The summed E-state index contributed by atoms with van der Waals surface area (Å²) in [5.74, 6) is 0.206. The van der Waals surface area contributed by atoms with Crippen LogP contribution in [0.1, 0.15) is 51.5 Å². The molecule has 1 unspecified atom stereocenters. The van der Waals surface area contributed by atoms with E-state index in [2.05, 4.69) is 10.4 Å². The molecule has 6 heteroatoms. The SMILES string of the molecule is CCn1cc(CCN2C(=O)NC(C)(C3CCCCC3)C2=O)cn1. The highest BCUT2D eigenvalue weighted by molar-refractivity contribution is 6.07. The molecule has 3 rings (SSSR count). The lowest BCUT2D eigenvalue weighted by atomic mass is 9.75. The number of carbonyl (C=O) groups excluding carboxylic acids is 2. The van der Waals surface area contributed by atoms with Gasteiger partial charge in [-0.1, -0.05) is 19.3 Å². The molecule has 2 heterocycles. The minimum absolute atomic E-state index is 0.0581. The maximum absolute atomic E-state index is 12.8. The molecule has 1 saturated carbocycles. The predicted molar refractivity (Wildman–Crippen MR) is 86.8 cm³/mol. The second-order valence-corrected chi connectivity index (χ2v) is 6.88. The number of nitrogens with one attached hydrogen (secondary N) is 1. The summed E-state index contributed by atoms with van der Waals surface area (Å²) in [6.45, 7) is 5.17. The van der Waals surface area contributed by atoms with Crippen LogP contribution in [0, 0.1) is 5.92 Å². The predicted octanol–water partition coefficient (Wildman–Crippen LogP) is 2.34. The van der Waals surface area contributed by atoms with Gasteiger partial charge in [0.15, 0.2) is 0 Å². The Hall–Kier alpha value is -1.85. The first-order valence-corrected chi connectivity index (χ1v) is 8.70. The Kier molecular flexibility index (Phi) is 4.41. The monoisotopic (exact) mass is 318 g/mol. The number of urea groups is 1. The molecule has 0 bridgehead atoms. The van der Waals surface area contributed by atoms with E-state index in [9.17, 15) is 9.59 Å². The fourth-order valence-corrected chi connectivity index (χ4v) is 3.82. The molecule has 2 aliphatic rings. The number of aryl methyl sites for hydroxylation is 1. The Morgan fingerprint density at radius 3 is 2.70 bits per heavy atom. The van der Waals surface area contributed by atoms with Crippen molar-refractivity contribution in [2.24, 2.45) is 5.92 Å². The fraction of sp³-hybridized carbons (Fsp3) is 0.706. The van der Waals surface area contributed by atoms with E-state index in [-0.39, 0.29) is 17.9 Å². The molecule has 1 aliphatic carbocycles. The van der Waals surface area contributed by atoms with Crippen molar-refractivity contribution < 1.29 is 9.59 Å². The van der Waals surface area contributed by atoms with Crippen molar-refractivity contribution in [2.75, 3.05) is 6.54 Å². The zero-order chi connectivity index (χ0) is 16.4. The standard InChI is InChI=1S/C17H26N4O2/c1-3-20-12-13(11-18-20)9-10-21-15(22)17(2,19-16(21)23)14-7-5-4-6-8-14/h11-12,14H,3-10H2,1-2H3,(H,19,23). The molecule has 1 saturated heterocycles. The Morgan fingerprint density at radius 1 is 1.30 bits per heavy atom. The van der Waals surface area contributed by atoms with E-state index >= 15 is 0 Å². The van der Waals surface area contributed by atoms with Crippen LogP contribution in [0.3, 0.4) is 0 Å². The third-order valence-corrected chi connectivity index (χ3v) is 5.36. The molecule has 0 radical (unpaired) electrons. The molecule has 1 N–H and O–H groups in total. The van der Waals surface area contributed by atoms with Crippen molar-refractivity contribution in [1.82, 2.24) is 20.0 Å². The van der Waals surface area contributed by atoms with Crippen LogP contribution in [0.15, 0.2) is 12.4 Å². The molecule has 23 heavy (non-hydrogen) atoms. The first-order chi connectivity index (χ1) is 11.0. The summed E-state index contributed by atoms with van der Waals surface area (Å²) in [6.07, 6.45) is 10.0. The fourth-order valence-electron chi connectivity index (χ4n) is 3.82. The molecule has 0 aromatic carbocycles. The van der Waals surface area contributed by atoms with Crippen LogP contribution in [-0.2, 0) is 17.8 Å². The van der Waals surface area contributed by atoms with Gasteiger partial charge >= 0.3 is 6.03 Å². The number of carbonyl (C=O) groups is 2. The first-order valence-electron chi connectivity index (χ1n) is 8.70. The third kappa shape index (κ3) is 2.99. The second kappa shape index (κ2) is 6.34. The number of aromatic nitrogens is 2. The molecule has 2 fully saturated rings. The highest BCUT2D eigenvalue weighted by atomic mass is 16.2. The van der Waals surface area contributed by atoms with Crippen molar-refractivity contribution in [3.63, 3.8) is 0 Å². The molecule has 6 nitrogen and oxygen atoms in total. The van der Waals surface area contributed by atoms with E-state index in [4.69, 9.17) is 0 Å². The summed E-state index contributed by atoms with van der Waals surface area (Å²) in [5.41, 5.74) is 0.337. The number of hydrogen-bond acceptors (Lipinski definition) is 3. The zero-order valence-corrected chi connectivity index (χ0v) is 14.0. The molecule has 1 aromatic heterocycles. The van der Waals surface area contributed by atoms with Gasteiger partial charge in [0.1, 0.15) is 5.54 Å². The molecule has 1 aliphatic heterocycles. The van der Waals surface area contributed by atoms with E-state index < -0.39 is 5.54 Å². The Balaban J connectivity index is 1.66. The molecule has 1 atom stereocenters. The molecule has 0 spiro atoms. The maximum Gasteiger partial charge on any atom is 0.325 e. The lowest BCUT2D eigenvalue weighted by molar-refractivity contribution is -0.133. The Bertz CT molecular complexity index is 591. The van der Waals surface area contributed by atoms with Gasteiger partial charge in [0, 0.05) is 19.3 Å². The summed E-state index contributed by atoms with van der Waals surface area (Å²) in [7, 11) is 0. The number of imide groups is 1. The van der Waals surface area contributed by atoms with Gasteiger partial charge in [0.05, 0.1) is 6.20 Å². The van der Waals surface area contributed by atoms with Crippen LogP contribution < -0.4 is 5.32 Å². The summed E-state index contributed by atoms with van der Waals surface area (Å²) in [4.78, 5) is 26.5. The van der Waals surface area contributed by atoms with Gasteiger partial charge < -0.3 is 5.32 Å². The summed E-state index contributed by atoms with van der Waals surface area (Å²) >= 11 is 0. The Labute approximate surface area is 137 Å². The highest BCUT2D eigenvalue weighted by Gasteiger charge is 2.51. The smallest absolute Gasteiger partial charge is 0.323 e. The van der Waals surface area contributed by atoms with Gasteiger partial charge in [-0.05, 0) is 44.6 Å². The van der Waals surface area contributed by atoms with Crippen LogP contribution >= 0.6 is 0 Å². The van der Waals surface area contributed by atoms with Gasteiger partial charge in [-0.2, -0.15) is 5.10 Å². The van der Waals surface area contributed by atoms with Gasteiger partial charge in [0.2, 0.25) is 0 Å². The number of amides is 3. The minimum atomic E-state index is -0.717. The van der Waals surface area contributed by atoms with E-state index in [0.29, 0.717) is 13.0 Å². The average Bonchev–Trinajstić information content (AvgIpc) is 3.11. The third-order valence-electron chi connectivity index (χ3n) is 5.36. The van der Waals surface area contributed by atoms with Crippen molar-refractivity contribution in [3.8, 4) is 0 Å². The summed E-state index contributed by atoms with van der Waals surface area (Å²) in [6, 6.07) is -0.244. The molecular formula is C17H26N4O2. The summed E-state index contributed by atoms with van der Waals surface area (Å²) < 4.78 is 1.85. The number of nitrogens with zero attached hydrogens (tertiary/aromatic N) is 3. The lowest BCUT2D eigenvalue weighted by Gasteiger charge is -2.34. The van der Waals surface area contributed by atoms with Gasteiger partial charge in [0.25, 0.3) is 5.91 Å². The number of rotatable bonds is 5. The second-order valence-electron chi connectivity index (χ2n) is 6.88. The number of hydrogen-bond donors (Lipinski definition) is 1. The van der Waals surface area contributed by atoms with E-state index in [1.54, 1.807) is 0 Å². The van der Waals surface area contributed by atoms with E-state index in [1.165, 1.54) is 11.3 Å². The van der Waals surface area contributed by atoms with Crippen LogP contribution in [0.2, 0.25) is 0 Å². The lowest BCUT2D eigenvalue weighted by Crippen LogP contribution is -2.51. The van der Waals surface area contributed by atoms with Gasteiger partial charge in [-0.15, -0.1) is 0 Å².